The molecule has 0 aliphatic heterocycles. The Balaban J connectivity index is 0.000000193. The normalized spacial score (nSPS) is 15.9. The van der Waals surface area contributed by atoms with Crippen molar-refractivity contribution in [2.24, 2.45) is 5.92 Å². The molecular formula is C39H50SiZr. The van der Waals surface area contributed by atoms with Gasteiger partial charge in [0.1, 0.15) is 0 Å². The summed E-state index contributed by atoms with van der Waals surface area (Å²) in [5, 5.41) is 1.60. The quantitative estimate of drug-likeness (QED) is 0.152. The molecule has 3 aromatic carbocycles. The fourth-order valence-electron chi connectivity index (χ4n) is 5.30. The zero-order valence-electron chi connectivity index (χ0n) is 27.6. The number of fused-ring (bicyclic) bond motifs is 3. The van der Waals surface area contributed by atoms with Crippen LogP contribution in [-0.4, -0.2) is 11.8 Å². The number of aryl methyl sites for hydroxylation is 1. The molecule has 0 radical (unpaired) electrons. The molecule has 0 saturated carbocycles. The molecule has 0 amide bonds. The van der Waals surface area contributed by atoms with E-state index in [9.17, 15) is 0 Å². The van der Waals surface area contributed by atoms with Gasteiger partial charge in [0, 0.05) is 0 Å². The van der Waals surface area contributed by atoms with E-state index < -0.39 is 8.07 Å². The Bertz CT molecular complexity index is 1370. The average molecular weight is 638 g/mol. The second-order valence-electron chi connectivity index (χ2n) is 14.8. The number of allylic oxidation sites excluding steroid dienone is 4. The van der Waals surface area contributed by atoms with Crippen LogP contribution in [0.3, 0.4) is 0 Å². The summed E-state index contributed by atoms with van der Waals surface area (Å²) >= 11 is 1.47. The standard InChI is InChI=1S/C21H25.C10H17Si.C8H8.Zr/c1-20(2,3)16-9-7-14-11-15-8-10-17(21(4,5)6)13-19(15)18(14)12-16;1-8-6-9(2)10(7-8)11(3,4)5;1-7-3-5-8(2)6-4-7;/h7,9-10,12-13H,11H2,1-6H3;7-8H,1-5H3;1,3-6H,2H3;/q2*-1;;+2. The van der Waals surface area contributed by atoms with E-state index in [1.807, 2.05) is 0 Å². The Morgan fingerprint density at radius 2 is 1.41 bits per heavy atom. The van der Waals surface area contributed by atoms with Crippen LogP contribution >= 0.6 is 0 Å². The van der Waals surface area contributed by atoms with Crippen LogP contribution in [0.4, 0.5) is 0 Å². The number of hydrogen-bond donors (Lipinski definition) is 0. The molecule has 0 heterocycles. The van der Waals surface area contributed by atoms with Gasteiger partial charge in [-0.3, -0.25) is 6.08 Å². The predicted molar refractivity (Wildman–Crippen MR) is 180 cm³/mol. The fourth-order valence-corrected chi connectivity index (χ4v) is 7.72. The van der Waals surface area contributed by atoms with E-state index in [1.165, 1.54) is 74.3 Å². The molecule has 3 aromatic rings. The molecule has 1 atom stereocenters. The van der Waals surface area contributed by atoms with Crippen molar-refractivity contribution >= 4 is 11.8 Å². The Morgan fingerprint density at radius 3 is 1.88 bits per heavy atom. The third kappa shape index (κ3) is 9.05. The Labute approximate surface area is 267 Å². The number of benzene rings is 3. The van der Waals surface area contributed by atoms with Crippen molar-refractivity contribution in [1.29, 1.82) is 0 Å². The molecule has 41 heavy (non-hydrogen) atoms. The van der Waals surface area contributed by atoms with Gasteiger partial charge in [0.15, 0.2) is 0 Å². The van der Waals surface area contributed by atoms with Gasteiger partial charge in [0.05, 0.1) is 0 Å². The summed E-state index contributed by atoms with van der Waals surface area (Å²) in [6, 6.07) is 23.6. The van der Waals surface area contributed by atoms with E-state index in [1.54, 1.807) is 5.20 Å². The minimum atomic E-state index is -1.07. The molecule has 1 unspecified atom stereocenters. The molecule has 214 valence electrons. The van der Waals surface area contributed by atoms with Crippen molar-refractivity contribution in [1.82, 2.24) is 0 Å². The van der Waals surface area contributed by atoms with Gasteiger partial charge in [-0.05, 0) is 25.5 Å². The van der Waals surface area contributed by atoms with Gasteiger partial charge in [0.2, 0.25) is 0 Å². The molecule has 0 aromatic heterocycles. The monoisotopic (exact) mass is 636 g/mol. The molecule has 2 heteroatoms. The summed E-state index contributed by atoms with van der Waals surface area (Å²) < 4.78 is 2.19. The number of hydrogen-bond acceptors (Lipinski definition) is 0. The SMILES string of the molecule is CC(C)(C)c1c[c-]c2c(c1)-c1cc(C(C)(C)C)ccc1C2.CC1=[C-]C(C)C=C1[Si](C)(C)C.Cc1ccc([CH]=[Zr+2])cc1. The van der Waals surface area contributed by atoms with Crippen molar-refractivity contribution in [2.45, 2.75) is 99.2 Å². The Hall–Kier alpha value is -1.89. The predicted octanol–water partition coefficient (Wildman–Crippen LogP) is 10.5. The summed E-state index contributed by atoms with van der Waals surface area (Å²) in [4.78, 5) is 0. The van der Waals surface area contributed by atoms with Gasteiger partial charge >= 0.3 is 70.3 Å². The maximum absolute atomic E-state index is 3.53. The van der Waals surface area contributed by atoms with Gasteiger partial charge in [-0.15, -0.1) is 5.56 Å². The van der Waals surface area contributed by atoms with Gasteiger partial charge in [0.25, 0.3) is 0 Å². The van der Waals surface area contributed by atoms with Crippen LogP contribution in [0.2, 0.25) is 19.6 Å². The van der Waals surface area contributed by atoms with Crippen molar-refractivity contribution in [2.75, 3.05) is 0 Å². The van der Waals surface area contributed by atoms with E-state index in [2.05, 4.69) is 158 Å². The summed E-state index contributed by atoms with van der Waals surface area (Å²) in [6.07, 6.45) is 6.84. The van der Waals surface area contributed by atoms with Crippen molar-refractivity contribution < 1.29 is 24.2 Å². The van der Waals surface area contributed by atoms with E-state index in [4.69, 9.17) is 0 Å². The molecular weight excluding hydrogens is 588 g/mol. The first-order valence-electron chi connectivity index (χ1n) is 15.0. The molecule has 0 nitrogen and oxygen atoms in total. The molecule has 5 rings (SSSR count). The van der Waals surface area contributed by atoms with Gasteiger partial charge in [-0.1, -0.05) is 116 Å². The number of rotatable bonds is 2. The molecule has 0 bridgehead atoms. The minimum absolute atomic E-state index is 0.177. The van der Waals surface area contributed by atoms with Crippen LogP contribution in [0.1, 0.15) is 88.8 Å². The summed E-state index contributed by atoms with van der Waals surface area (Å²) in [7, 11) is -1.07. The van der Waals surface area contributed by atoms with Crippen LogP contribution in [0.25, 0.3) is 11.1 Å². The van der Waals surface area contributed by atoms with Gasteiger partial charge in [-0.2, -0.15) is 35.4 Å². The Kier molecular flexibility index (Phi) is 10.8. The van der Waals surface area contributed by atoms with Crippen LogP contribution in [0.5, 0.6) is 0 Å². The summed E-state index contributed by atoms with van der Waals surface area (Å²) in [5.41, 5.74) is 12.8. The zero-order chi connectivity index (χ0) is 30.8. The first-order chi connectivity index (χ1) is 18.9. The van der Waals surface area contributed by atoms with Gasteiger partial charge < -0.3 is 0 Å². The third-order valence-corrected chi connectivity index (χ3v) is 10.8. The molecule has 0 N–H and O–H groups in total. The van der Waals surface area contributed by atoms with E-state index >= 15 is 0 Å². The van der Waals surface area contributed by atoms with Crippen molar-refractivity contribution in [3.63, 3.8) is 0 Å². The van der Waals surface area contributed by atoms with E-state index in [0.717, 1.165) is 6.42 Å². The fraction of sp³-hybridized carbons (Fsp3) is 0.410. The molecule has 2 aliphatic rings. The van der Waals surface area contributed by atoms with Crippen LogP contribution in [0.15, 0.2) is 71.4 Å². The molecule has 2 aliphatic carbocycles. The first kappa shape index (κ1) is 33.6. The second-order valence-corrected chi connectivity index (χ2v) is 20.5. The van der Waals surface area contributed by atoms with Gasteiger partial charge in [-0.25, -0.2) is 10.8 Å². The average Bonchev–Trinajstić information content (AvgIpc) is 3.42. The van der Waals surface area contributed by atoms with Crippen molar-refractivity contribution in [3.8, 4) is 11.1 Å². The molecule has 0 saturated heterocycles. The van der Waals surface area contributed by atoms with E-state index in [-0.39, 0.29) is 10.8 Å². The first-order valence-corrected chi connectivity index (χ1v) is 19.9. The molecule has 0 fully saturated rings. The summed E-state index contributed by atoms with van der Waals surface area (Å²) in [6.45, 7) is 27.3. The topological polar surface area (TPSA) is 0 Å². The van der Waals surface area contributed by atoms with E-state index in [0.29, 0.717) is 5.92 Å². The van der Waals surface area contributed by atoms with Crippen LogP contribution < -0.4 is 0 Å². The van der Waals surface area contributed by atoms with Crippen molar-refractivity contribution in [3.05, 3.63) is 117 Å². The second kappa shape index (κ2) is 13.2. The molecule has 0 spiro atoms. The summed E-state index contributed by atoms with van der Waals surface area (Å²) in [5.74, 6) is 0.553. The van der Waals surface area contributed by atoms with Crippen LogP contribution in [0, 0.1) is 25.0 Å². The van der Waals surface area contributed by atoms with Crippen LogP contribution in [-0.2, 0) is 41.5 Å². The maximum atomic E-state index is 3.53. The zero-order valence-corrected chi connectivity index (χ0v) is 31.1. The Morgan fingerprint density at radius 1 is 0.829 bits per heavy atom. The third-order valence-electron chi connectivity index (χ3n) is 7.84.